The van der Waals surface area contributed by atoms with Crippen molar-refractivity contribution in [2.45, 2.75) is 382 Å². The Balaban J connectivity index is 0.000000585. The molecule has 0 bridgehead atoms. The van der Waals surface area contributed by atoms with Crippen molar-refractivity contribution in [3.05, 3.63) is 0 Å². The Bertz CT molecular complexity index is 1960. The van der Waals surface area contributed by atoms with Crippen molar-refractivity contribution in [2.24, 2.45) is 0 Å². The van der Waals surface area contributed by atoms with Gasteiger partial charge in [0, 0.05) is 111 Å². The van der Waals surface area contributed by atoms with E-state index in [4.69, 9.17) is 9.47 Å². The molecule has 0 aliphatic carbocycles. The van der Waals surface area contributed by atoms with Gasteiger partial charge in [0.1, 0.15) is 6.54 Å². The van der Waals surface area contributed by atoms with Crippen LogP contribution in [0.2, 0.25) is 0 Å². The van der Waals surface area contributed by atoms with Gasteiger partial charge in [0.15, 0.2) is 0 Å². The summed E-state index contributed by atoms with van der Waals surface area (Å²) in [6.07, 6.45) is 62.4. The molecule has 0 spiro atoms. The highest BCUT2D eigenvalue weighted by molar-refractivity contribution is 5.82. The van der Waals surface area contributed by atoms with Crippen LogP contribution in [-0.2, 0) is 47.8 Å². The van der Waals surface area contributed by atoms with Gasteiger partial charge < -0.3 is 38.9 Å². The zero-order chi connectivity index (χ0) is 70.9. The molecule has 6 aliphatic heterocycles. The van der Waals surface area contributed by atoms with Gasteiger partial charge in [0.05, 0.1) is 19.6 Å². The quantitative estimate of drug-likeness (QED) is 0.0425. The van der Waals surface area contributed by atoms with Crippen LogP contribution in [0.3, 0.4) is 0 Å². The molecule has 16 heteroatoms. The van der Waals surface area contributed by atoms with Gasteiger partial charge >= 0.3 is 11.9 Å². The zero-order valence-electron chi connectivity index (χ0n) is 64.1. The summed E-state index contributed by atoms with van der Waals surface area (Å²) in [4.78, 5) is 104. The summed E-state index contributed by atoms with van der Waals surface area (Å²) in [5.74, 6) is 1.32. The van der Waals surface area contributed by atoms with Gasteiger partial charge in [-0.15, -0.1) is 0 Å². The Labute approximate surface area is 595 Å². The normalized spacial score (nSPS) is 17.3. The fourth-order valence-corrected chi connectivity index (χ4v) is 13.4. The summed E-state index contributed by atoms with van der Waals surface area (Å²) in [5.41, 5.74) is 0. The van der Waals surface area contributed by atoms with Gasteiger partial charge in [0.2, 0.25) is 35.4 Å². The lowest BCUT2D eigenvalue weighted by molar-refractivity contribution is -0.148. The monoisotopic (exact) mass is 1370 g/mol. The molecule has 6 amide bonds. The first kappa shape index (κ1) is 90.8. The Morgan fingerprint density at radius 3 is 0.711 bits per heavy atom. The number of ether oxygens (including phenoxy) is 2. The number of rotatable bonds is 39. The molecule has 0 N–H and O–H groups in total. The average molecular weight is 1370 g/mol. The van der Waals surface area contributed by atoms with Crippen molar-refractivity contribution in [1.82, 2.24) is 29.4 Å². The Morgan fingerprint density at radius 1 is 0.247 bits per heavy atom. The lowest BCUT2D eigenvalue weighted by atomic mass is 10.1. The van der Waals surface area contributed by atoms with E-state index < -0.39 is 0 Å². The van der Waals surface area contributed by atoms with E-state index in [1.54, 1.807) is 23.6 Å². The third-order valence-electron chi connectivity index (χ3n) is 19.7. The van der Waals surface area contributed by atoms with Gasteiger partial charge in [-0.3, -0.25) is 38.4 Å². The molecule has 97 heavy (non-hydrogen) atoms. The van der Waals surface area contributed by atoms with Crippen molar-refractivity contribution < 1.29 is 47.8 Å². The molecular formula is C81H152N6O10. The smallest absolute Gasteiger partial charge is 0.325 e. The number of nitrogens with zero attached hydrogens (tertiary/aromatic N) is 6. The van der Waals surface area contributed by atoms with Gasteiger partial charge in [-0.2, -0.15) is 0 Å². The third-order valence-corrected chi connectivity index (χ3v) is 19.7. The first-order valence-electron chi connectivity index (χ1n) is 41.3. The molecule has 6 aliphatic rings. The number of likely N-dealkylation sites (tertiary alicyclic amines) is 6. The number of esters is 2. The SMILES string of the molecule is CCCCCCCCCCCCN1CCCCCC1=O.CCCCCCCCCCN1CCCCCC1=O.CCCCCCCCN1CCCCCC1=O.CCCCCCN1CCCCCC1=O.CCOC(=O)CCN1CCCCCC1=O.CCOC(=O)CN1CCCCCC1=O. The molecule has 6 rings (SSSR count). The summed E-state index contributed by atoms with van der Waals surface area (Å²) in [7, 11) is 0. The summed E-state index contributed by atoms with van der Waals surface area (Å²) < 4.78 is 9.62. The molecule has 0 aromatic heterocycles. The minimum absolute atomic E-state index is 0.0792. The molecule has 0 unspecified atom stereocenters. The summed E-state index contributed by atoms with van der Waals surface area (Å²) in [6.45, 7) is 23.5. The van der Waals surface area contributed by atoms with Crippen LogP contribution in [0.1, 0.15) is 382 Å². The molecule has 566 valence electrons. The second kappa shape index (κ2) is 66.3. The summed E-state index contributed by atoms with van der Waals surface area (Å²) in [5, 5.41) is 0. The van der Waals surface area contributed by atoms with Crippen LogP contribution in [0.4, 0.5) is 0 Å². The van der Waals surface area contributed by atoms with Crippen LogP contribution in [0.15, 0.2) is 0 Å². The number of hydrogen-bond acceptors (Lipinski definition) is 10. The van der Waals surface area contributed by atoms with E-state index in [9.17, 15) is 38.4 Å². The highest BCUT2D eigenvalue weighted by Gasteiger charge is 2.22. The van der Waals surface area contributed by atoms with E-state index in [-0.39, 0.29) is 30.3 Å². The first-order chi connectivity index (χ1) is 47.3. The molecule has 0 atom stereocenters. The number of hydrogen-bond donors (Lipinski definition) is 0. The fraction of sp³-hybridized carbons (Fsp3) is 0.901. The minimum Gasteiger partial charge on any atom is -0.466 e. The highest BCUT2D eigenvalue weighted by atomic mass is 16.5. The largest absolute Gasteiger partial charge is 0.466 e. The molecule has 0 saturated carbocycles. The van der Waals surface area contributed by atoms with Crippen molar-refractivity contribution in [3.63, 3.8) is 0 Å². The number of carbonyl (C=O) groups excluding carboxylic acids is 8. The predicted molar refractivity (Wildman–Crippen MR) is 400 cm³/mol. The second-order valence-electron chi connectivity index (χ2n) is 28.4. The minimum atomic E-state index is -0.303. The van der Waals surface area contributed by atoms with Crippen molar-refractivity contribution in [1.29, 1.82) is 0 Å². The summed E-state index contributed by atoms with van der Waals surface area (Å²) >= 11 is 0. The molecule has 6 heterocycles. The Hall–Kier alpha value is -4.24. The lowest BCUT2D eigenvalue weighted by Gasteiger charge is -2.20. The Kier molecular flexibility index (Phi) is 62.1. The molecule has 6 saturated heterocycles. The van der Waals surface area contributed by atoms with Crippen molar-refractivity contribution in [3.8, 4) is 0 Å². The van der Waals surface area contributed by atoms with Gasteiger partial charge in [0.25, 0.3) is 0 Å². The van der Waals surface area contributed by atoms with Gasteiger partial charge in [-0.25, -0.2) is 0 Å². The highest BCUT2D eigenvalue weighted by Crippen LogP contribution is 2.19. The lowest BCUT2D eigenvalue weighted by Crippen LogP contribution is -2.35. The third kappa shape index (κ3) is 52.4. The maximum atomic E-state index is 11.8. The van der Waals surface area contributed by atoms with Crippen molar-refractivity contribution >= 4 is 47.4 Å². The zero-order valence-corrected chi connectivity index (χ0v) is 64.1. The molecule has 16 nitrogen and oxygen atoms in total. The van der Waals surface area contributed by atoms with Crippen molar-refractivity contribution in [2.75, 3.05) is 91.8 Å². The molecule has 0 aromatic rings. The van der Waals surface area contributed by atoms with Crippen LogP contribution in [0.25, 0.3) is 0 Å². The van der Waals surface area contributed by atoms with Gasteiger partial charge in [-0.1, -0.05) is 220 Å². The van der Waals surface area contributed by atoms with Crippen LogP contribution >= 0.6 is 0 Å². The number of amides is 6. The summed E-state index contributed by atoms with van der Waals surface area (Å²) in [6, 6.07) is 0. The van der Waals surface area contributed by atoms with Gasteiger partial charge in [-0.05, 0) is 117 Å². The number of unbranched alkanes of at least 4 members (excludes halogenated alkanes) is 24. The standard InChI is InChI=1S/C18H35NO.C16H31NO.C14H27NO.C12H23NO.C11H19NO3.C10H17NO3/c1-2-3-4-5-6-7-8-9-10-13-16-19-17-14-11-12-15-18(19)20;1-2-3-4-5-6-7-8-11-14-17-15-12-9-10-13-16(17)18;1-2-3-4-5-6-9-12-15-13-10-7-8-11-14(15)16;1-2-3-4-7-10-13-11-8-5-6-9-12(13)14;1-2-15-11(14)7-9-12-8-5-3-4-6-10(12)13;1-2-14-10(13)8-11-7-5-3-4-6-9(11)12/h2-17H2,1H3;2-15H2,1H3;2-13H2,1H3;2-11H2,1H3;2-9H2,1H3;2-8H2,1H3. The van der Waals surface area contributed by atoms with E-state index in [0.29, 0.717) is 69.2 Å². The Morgan fingerprint density at radius 2 is 0.454 bits per heavy atom. The van der Waals surface area contributed by atoms with E-state index in [0.717, 1.165) is 149 Å². The van der Waals surface area contributed by atoms with E-state index in [1.807, 2.05) is 0 Å². The molecule has 0 aromatic carbocycles. The fourth-order valence-electron chi connectivity index (χ4n) is 13.4. The van der Waals surface area contributed by atoms with Crippen LogP contribution in [0.5, 0.6) is 0 Å². The maximum absolute atomic E-state index is 11.8. The van der Waals surface area contributed by atoms with E-state index in [2.05, 4.69) is 47.3 Å². The second-order valence-corrected chi connectivity index (χ2v) is 28.4. The van der Waals surface area contributed by atoms with Crippen LogP contribution in [0, 0.1) is 0 Å². The number of carbonyl (C=O) groups is 8. The van der Waals surface area contributed by atoms with Crippen LogP contribution in [-0.4, -0.2) is 169 Å². The predicted octanol–water partition coefficient (Wildman–Crippen LogP) is 18.9. The van der Waals surface area contributed by atoms with E-state index in [1.165, 1.54) is 231 Å². The van der Waals surface area contributed by atoms with Crippen LogP contribution < -0.4 is 0 Å². The molecule has 0 radical (unpaired) electrons. The van der Waals surface area contributed by atoms with E-state index >= 15 is 0 Å². The first-order valence-corrected chi connectivity index (χ1v) is 41.3. The molecular weight excluding hydrogens is 1220 g/mol. The topological polar surface area (TPSA) is 174 Å². The molecule has 6 fully saturated rings. The average Bonchev–Trinajstić information content (AvgIpc) is 2.52. The maximum Gasteiger partial charge on any atom is 0.325 e.